The summed E-state index contributed by atoms with van der Waals surface area (Å²) < 4.78 is 1.10. The van der Waals surface area contributed by atoms with Crippen LogP contribution in [0.1, 0.15) is 53.5 Å². The second-order valence-electron chi connectivity index (χ2n) is 5.80. The Hall–Kier alpha value is -1.12. The Morgan fingerprint density at radius 2 is 1.95 bits per heavy atom. The largest absolute Gasteiger partial charge is 0.320 e. The van der Waals surface area contributed by atoms with Gasteiger partial charge in [0.25, 0.3) is 0 Å². The zero-order chi connectivity index (χ0) is 14.1. The molecule has 3 rings (SSSR count). The number of aryl methyl sites for hydroxylation is 1. The summed E-state index contributed by atoms with van der Waals surface area (Å²) in [4.78, 5) is 0. The fourth-order valence-corrected chi connectivity index (χ4v) is 3.55. The normalized spacial score (nSPS) is 16.8. The van der Waals surface area contributed by atoms with E-state index in [-0.39, 0.29) is 6.04 Å². The molecule has 0 heterocycles. The van der Waals surface area contributed by atoms with Crippen LogP contribution in [-0.4, -0.2) is 0 Å². The van der Waals surface area contributed by atoms with Crippen LogP contribution >= 0.6 is 15.9 Å². The van der Waals surface area contributed by atoms with Gasteiger partial charge in [0.15, 0.2) is 0 Å². The summed E-state index contributed by atoms with van der Waals surface area (Å²) in [6, 6.07) is 15.1. The minimum Gasteiger partial charge on any atom is -0.320 e. The Morgan fingerprint density at radius 3 is 2.60 bits per heavy atom. The highest BCUT2D eigenvalue weighted by atomic mass is 79.9. The lowest BCUT2D eigenvalue weighted by atomic mass is 9.79. The molecule has 1 atom stereocenters. The van der Waals surface area contributed by atoms with Crippen molar-refractivity contribution in [1.29, 1.82) is 0 Å². The average Bonchev–Trinajstić information content (AvgIpc) is 2.36. The van der Waals surface area contributed by atoms with Gasteiger partial charge in [-0.05, 0) is 54.0 Å². The van der Waals surface area contributed by atoms with Gasteiger partial charge in [-0.25, -0.2) is 0 Å². The molecular weight excluding hydrogens is 310 g/mol. The van der Waals surface area contributed by atoms with E-state index in [4.69, 9.17) is 5.73 Å². The molecule has 0 saturated heterocycles. The summed E-state index contributed by atoms with van der Waals surface area (Å²) in [7, 11) is 0. The van der Waals surface area contributed by atoms with E-state index in [0.717, 1.165) is 16.0 Å². The van der Waals surface area contributed by atoms with Crippen molar-refractivity contribution in [2.75, 3.05) is 0 Å². The Morgan fingerprint density at radius 1 is 1.15 bits per heavy atom. The lowest BCUT2D eigenvalue weighted by Crippen LogP contribution is -2.14. The Kier molecular flexibility index (Phi) is 3.95. The maximum atomic E-state index is 6.47. The lowest BCUT2D eigenvalue weighted by Gasteiger charge is -2.26. The van der Waals surface area contributed by atoms with Gasteiger partial charge in [-0.1, -0.05) is 58.7 Å². The summed E-state index contributed by atoms with van der Waals surface area (Å²) in [5, 5.41) is 0. The van der Waals surface area contributed by atoms with Crippen molar-refractivity contribution in [2.24, 2.45) is 5.73 Å². The molecule has 0 amide bonds. The van der Waals surface area contributed by atoms with Crippen LogP contribution in [0.25, 0.3) is 0 Å². The van der Waals surface area contributed by atoms with Crippen molar-refractivity contribution in [3.8, 4) is 0 Å². The highest BCUT2D eigenvalue weighted by molar-refractivity contribution is 9.10. The minimum atomic E-state index is -0.0648. The number of rotatable bonds is 3. The highest BCUT2D eigenvalue weighted by Gasteiger charge is 2.20. The predicted octanol–water partition coefficient (Wildman–Crippen LogP) is 5.07. The zero-order valence-corrected chi connectivity index (χ0v) is 13.4. The molecule has 1 fully saturated rings. The highest BCUT2D eigenvalue weighted by Crippen LogP contribution is 2.37. The molecule has 1 saturated carbocycles. The first-order chi connectivity index (χ1) is 9.65. The standard InChI is InChI=1S/C18H20BrN/c1-12-8-9-16(17(19)10-12)18(20)15-7-3-6-14(11-15)13-4-2-5-13/h3,6-11,13,18H,2,4-5,20H2,1H3. The van der Waals surface area contributed by atoms with Crippen LogP contribution in [0, 0.1) is 6.92 Å². The van der Waals surface area contributed by atoms with Crippen molar-refractivity contribution in [3.05, 3.63) is 69.2 Å². The van der Waals surface area contributed by atoms with Gasteiger partial charge in [0, 0.05) is 4.47 Å². The molecule has 2 aromatic rings. The number of hydrogen-bond acceptors (Lipinski definition) is 1. The van der Waals surface area contributed by atoms with Crippen LogP contribution in [0.4, 0.5) is 0 Å². The van der Waals surface area contributed by atoms with E-state index >= 15 is 0 Å². The van der Waals surface area contributed by atoms with E-state index in [9.17, 15) is 0 Å². The molecule has 1 aliphatic rings. The van der Waals surface area contributed by atoms with Crippen molar-refractivity contribution in [1.82, 2.24) is 0 Å². The van der Waals surface area contributed by atoms with E-state index in [0.29, 0.717) is 0 Å². The SMILES string of the molecule is Cc1ccc(C(N)c2cccc(C3CCC3)c2)c(Br)c1. The molecule has 0 bridgehead atoms. The first-order valence-corrected chi connectivity index (χ1v) is 8.06. The number of halogens is 1. The van der Waals surface area contributed by atoms with Gasteiger partial charge in [0.05, 0.1) is 6.04 Å². The third-order valence-electron chi connectivity index (χ3n) is 4.34. The summed E-state index contributed by atoms with van der Waals surface area (Å²) in [5.41, 5.74) is 11.5. The summed E-state index contributed by atoms with van der Waals surface area (Å²) in [6.07, 6.45) is 4.02. The van der Waals surface area contributed by atoms with Gasteiger partial charge in [0.1, 0.15) is 0 Å². The smallest absolute Gasteiger partial charge is 0.0562 e. The van der Waals surface area contributed by atoms with Crippen molar-refractivity contribution >= 4 is 15.9 Å². The molecule has 20 heavy (non-hydrogen) atoms. The van der Waals surface area contributed by atoms with E-state index in [1.54, 1.807) is 0 Å². The number of nitrogens with two attached hydrogens (primary N) is 1. The molecule has 1 nitrogen and oxygen atoms in total. The molecule has 1 aliphatic carbocycles. The third kappa shape index (κ3) is 2.68. The van der Waals surface area contributed by atoms with Gasteiger partial charge in [0.2, 0.25) is 0 Å². The third-order valence-corrected chi connectivity index (χ3v) is 5.02. The Bertz CT molecular complexity index is 617. The van der Waals surface area contributed by atoms with E-state index in [1.165, 1.54) is 36.0 Å². The molecule has 0 aliphatic heterocycles. The van der Waals surface area contributed by atoms with Crippen molar-refractivity contribution < 1.29 is 0 Å². The summed E-state index contributed by atoms with van der Waals surface area (Å²) in [6.45, 7) is 2.09. The van der Waals surface area contributed by atoms with E-state index in [2.05, 4.69) is 65.3 Å². The molecule has 104 valence electrons. The molecule has 2 heteroatoms. The monoisotopic (exact) mass is 329 g/mol. The van der Waals surface area contributed by atoms with Crippen LogP contribution in [0.3, 0.4) is 0 Å². The number of benzene rings is 2. The van der Waals surface area contributed by atoms with Gasteiger partial charge in [-0.2, -0.15) is 0 Å². The van der Waals surface area contributed by atoms with Crippen LogP contribution in [0.15, 0.2) is 46.9 Å². The van der Waals surface area contributed by atoms with Crippen LogP contribution < -0.4 is 5.73 Å². The average molecular weight is 330 g/mol. The van der Waals surface area contributed by atoms with E-state index in [1.807, 2.05) is 0 Å². The second-order valence-corrected chi connectivity index (χ2v) is 6.65. The van der Waals surface area contributed by atoms with E-state index < -0.39 is 0 Å². The number of hydrogen-bond donors (Lipinski definition) is 1. The van der Waals surface area contributed by atoms with Gasteiger partial charge >= 0.3 is 0 Å². The zero-order valence-electron chi connectivity index (χ0n) is 11.8. The van der Waals surface area contributed by atoms with Crippen LogP contribution in [0.2, 0.25) is 0 Å². The molecule has 0 aromatic heterocycles. The Labute approximate surface area is 129 Å². The topological polar surface area (TPSA) is 26.0 Å². The quantitative estimate of drug-likeness (QED) is 0.835. The van der Waals surface area contributed by atoms with Gasteiger partial charge in [-0.15, -0.1) is 0 Å². The first-order valence-electron chi connectivity index (χ1n) is 7.26. The first kappa shape index (κ1) is 13.8. The minimum absolute atomic E-state index is 0.0648. The molecule has 2 N–H and O–H groups in total. The van der Waals surface area contributed by atoms with Crippen LogP contribution in [0.5, 0.6) is 0 Å². The Balaban J connectivity index is 1.91. The van der Waals surface area contributed by atoms with Crippen molar-refractivity contribution in [2.45, 2.75) is 38.1 Å². The van der Waals surface area contributed by atoms with Gasteiger partial charge < -0.3 is 5.73 Å². The molecule has 0 radical (unpaired) electrons. The fourth-order valence-electron chi connectivity index (χ4n) is 2.81. The summed E-state index contributed by atoms with van der Waals surface area (Å²) in [5.74, 6) is 0.753. The maximum absolute atomic E-state index is 6.47. The van der Waals surface area contributed by atoms with Gasteiger partial charge in [-0.3, -0.25) is 0 Å². The van der Waals surface area contributed by atoms with Crippen molar-refractivity contribution in [3.63, 3.8) is 0 Å². The molecule has 1 unspecified atom stereocenters. The molecular formula is C18H20BrN. The second kappa shape index (κ2) is 5.71. The summed E-state index contributed by atoms with van der Waals surface area (Å²) >= 11 is 3.64. The fraction of sp³-hybridized carbons (Fsp3) is 0.333. The lowest BCUT2D eigenvalue weighted by molar-refractivity contribution is 0.419. The predicted molar refractivity (Wildman–Crippen MR) is 87.9 cm³/mol. The molecule has 2 aromatic carbocycles. The maximum Gasteiger partial charge on any atom is 0.0562 e. The molecule has 0 spiro atoms. The van der Waals surface area contributed by atoms with Crippen LogP contribution in [-0.2, 0) is 0 Å².